The first kappa shape index (κ1) is 27.5. The van der Waals surface area contributed by atoms with Crippen molar-refractivity contribution in [2.45, 2.75) is 26.1 Å². The highest BCUT2D eigenvalue weighted by molar-refractivity contribution is 8.15. The second-order valence-corrected chi connectivity index (χ2v) is 10.7. The van der Waals surface area contributed by atoms with Crippen LogP contribution in [0.5, 0.6) is 5.75 Å². The third-order valence-electron chi connectivity index (χ3n) is 6.65. The molecule has 1 amide bonds. The highest BCUT2D eigenvalue weighted by atomic mass is 32.2. The number of anilines is 1. The van der Waals surface area contributed by atoms with Gasteiger partial charge in [0.2, 0.25) is 5.91 Å². The van der Waals surface area contributed by atoms with Crippen LogP contribution in [0.4, 0.5) is 18.9 Å². The zero-order valence-electron chi connectivity index (χ0n) is 22.4. The van der Waals surface area contributed by atoms with Crippen LogP contribution < -0.4 is 9.64 Å². The number of thioether (sulfide) groups is 1. The van der Waals surface area contributed by atoms with Gasteiger partial charge in [-0.15, -0.1) is 18.3 Å². The van der Waals surface area contributed by atoms with Gasteiger partial charge >= 0.3 is 6.36 Å². The number of rotatable bonds is 6. The van der Waals surface area contributed by atoms with Crippen LogP contribution in [0.2, 0.25) is 0 Å². The average molecular weight is 589 g/mol. The first-order valence-corrected chi connectivity index (χ1v) is 13.9. The van der Waals surface area contributed by atoms with Gasteiger partial charge in [-0.05, 0) is 53.9 Å². The molecule has 0 spiro atoms. The number of carbonyl (C=O) groups is 1. The summed E-state index contributed by atoms with van der Waals surface area (Å²) >= 11 is 1.35. The van der Waals surface area contributed by atoms with E-state index in [1.165, 1.54) is 36.0 Å². The molecule has 42 heavy (non-hydrogen) atoms. The fraction of sp³-hybridized carbons (Fsp3) is 0.167. The van der Waals surface area contributed by atoms with Crippen LogP contribution in [0, 0.1) is 0 Å². The Morgan fingerprint density at radius 1 is 1.02 bits per heavy atom. The highest BCUT2D eigenvalue weighted by Gasteiger charge is 2.32. The molecule has 0 N–H and O–H groups in total. The third-order valence-corrected chi connectivity index (χ3v) is 7.57. The largest absolute Gasteiger partial charge is 0.573 e. The number of amides is 1. The molecular formula is C30H23F3N6O2S. The lowest BCUT2D eigenvalue weighted by Gasteiger charge is -2.20. The first-order chi connectivity index (χ1) is 20.2. The molecule has 0 unspecified atom stereocenters. The van der Waals surface area contributed by atoms with Crippen molar-refractivity contribution < 1.29 is 22.7 Å². The van der Waals surface area contributed by atoms with Gasteiger partial charge in [0.1, 0.15) is 17.6 Å². The molecule has 8 nitrogen and oxygen atoms in total. The molecule has 0 saturated carbocycles. The van der Waals surface area contributed by atoms with Crippen LogP contribution in [0.15, 0.2) is 89.5 Å². The number of aromatic nitrogens is 3. The molecular weight excluding hydrogens is 565 g/mol. The number of benzene rings is 3. The minimum Gasteiger partial charge on any atom is -0.406 e. The van der Waals surface area contributed by atoms with E-state index in [4.69, 9.17) is 0 Å². The smallest absolute Gasteiger partial charge is 0.406 e. The Labute approximate surface area is 242 Å². The van der Waals surface area contributed by atoms with Crippen LogP contribution in [-0.4, -0.2) is 43.9 Å². The van der Waals surface area contributed by atoms with Crippen molar-refractivity contribution in [3.8, 4) is 11.4 Å². The zero-order valence-corrected chi connectivity index (χ0v) is 23.2. The molecule has 0 atom stereocenters. The lowest BCUT2D eigenvalue weighted by Crippen LogP contribution is -2.30. The monoisotopic (exact) mass is 588 g/mol. The van der Waals surface area contributed by atoms with Crippen molar-refractivity contribution in [1.82, 2.24) is 14.5 Å². The number of alkyl halides is 3. The molecule has 12 heteroatoms. The number of pyridine rings is 1. The van der Waals surface area contributed by atoms with E-state index < -0.39 is 6.36 Å². The number of nitrogens with zero attached hydrogens (tertiary/aromatic N) is 6. The summed E-state index contributed by atoms with van der Waals surface area (Å²) in [6, 6.07) is 19.0. The Kier molecular flexibility index (Phi) is 7.15. The Morgan fingerprint density at radius 3 is 2.57 bits per heavy atom. The number of fused-ring (bicyclic) bond motifs is 3. The van der Waals surface area contributed by atoms with E-state index in [0.717, 1.165) is 22.2 Å². The number of imidazole rings is 1. The van der Waals surface area contributed by atoms with Gasteiger partial charge < -0.3 is 4.74 Å². The van der Waals surface area contributed by atoms with Crippen molar-refractivity contribution in [2.24, 2.45) is 10.2 Å². The molecule has 5 aromatic rings. The number of halogens is 3. The van der Waals surface area contributed by atoms with E-state index in [2.05, 4.69) is 38.8 Å². The Bertz CT molecular complexity index is 1870. The number of para-hydroxylation sites is 1. The molecule has 1 fully saturated rings. The predicted octanol–water partition coefficient (Wildman–Crippen LogP) is 7.07. The summed E-state index contributed by atoms with van der Waals surface area (Å²) in [5.74, 6) is 0.202. The van der Waals surface area contributed by atoms with Crippen molar-refractivity contribution in [1.29, 1.82) is 0 Å². The van der Waals surface area contributed by atoms with Crippen LogP contribution in [0.25, 0.3) is 27.6 Å². The maximum absolute atomic E-state index is 12.7. The minimum absolute atomic E-state index is 0.0385. The molecule has 2 aromatic heterocycles. The van der Waals surface area contributed by atoms with E-state index in [9.17, 15) is 18.0 Å². The average Bonchev–Trinajstić information content (AvgIpc) is 3.56. The molecule has 1 aliphatic rings. The van der Waals surface area contributed by atoms with E-state index in [0.29, 0.717) is 33.2 Å². The molecule has 3 aromatic carbocycles. The van der Waals surface area contributed by atoms with E-state index in [1.807, 2.05) is 42.5 Å². The van der Waals surface area contributed by atoms with E-state index in [-0.39, 0.29) is 17.6 Å². The van der Waals surface area contributed by atoms with Gasteiger partial charge in [0, 0.05) is 22.8 Å². The zero-order chi connectivity index (χ0) is 29.4. The quantitative estimate of drug-likeness (QED) is 0.157. The first-order valence-electron chi connectivity index (χ1n) is 13.0. The molecule has 0 radical (unpaired) electrons. The minimum atomic E-state index is -4.75. The fourth-order valence-electron chi connectivity index (χ4n) is 4.77. The van der Waals surface area contributed by atoms with Crippen LogP contribution in [-0.2, 0) is 4.79 Å². The third kappa shape index (κ3) is 5.45. The SMILES string of the molecule is CC(C)c1ccccc1N1C(=O)CS/C1=N\N=C\c1cnc2c(ccc3c2ncn3-c2ccc(OC(F)(F)F)cc2)c1. The Morgan fingerprint density at radius 2 is 1.81 bits per heavy atom. The van der Waals surface area contributed by atoms with Crippen molar-refractivity contribution >= 4 is 56.7 Å². The van der Waals surface area contributed by atoms with Gasteiger partial charge in [-0.25, -0.2) is 4.98 Å². The summed E-state index contributed by atoms with van der Waals surface area (Å²) in [6.45, 7) is 4.17. The molecule has 6 rings (SSSR count). The fourth-order valence-corrected chi connectivity index (χ4v) is 5.59. The lowest BCUT2D eigenvalue weighted by molar-refractivity contribution is -0.274. The summed E-state index contributed by atoms with van der Waals surface area (Å²) in [5, 5.41) is 9.96. The highest BCUT2D eigenvalue weighted by Crippen LogP contribution is 2.33. The standard InChI is InChI=1S/C30H23F3N6O2S/c1-18(2)23-5-3-4-6-24(23)39-26(40)16-42-29(39)37-36-15-19-13-20-7-12-25-28(27(20)34-14-19)35-17-38(25)21-8-10-22(11-9-21)41-30(31,32)33/h3-15,17-18H,16H2,1-2H3/b36-15+,37-29-. The normalized spacial score (nSPS) is 15.2. The van der Waals surface area contributed by atoms with Crippen molar-refractivity contribution in [3.05, 3.63) is 90.4 Å². The number of amidine groups is 1. The van der Waals surface area contributed by atoms with Gasteiger partial charge in [-0.3, -0.25) is 19.2 Å². The van der Waals surface area contributed by atoms with Crippen molar-refractivity contribution in [2.75, 3.05) is 10.7 Å². The molecule has 0 bridgehead atoms. The summed E-state index contributed by atoms with van der Waals surface area (Å²) in [4.78, 5) is 23.4. The second-order valence-electron chi connectivity index (χ2n) is 9.79. The summed E-state index contributed by atoms with van der Waals surface area (Å²) in [5.41, 5.74) is 5.28. The van der Waals surface area contributed by atoms with Gasteiger partial charge in [-0.2, -0.15) is 5.10 Å². The predicted molar refractivity (Wildman–Crippen MR) is 159 cm³/mol. The molecule has 1 aliphatic heterocycles. The lowest BCUT2D eigenvalue weighted by atomic mass is 10.0. The van der Waals surface area contributed by atoms with Gasteiger partial charge in [0.15, 0.2) is 5.17 Å². The van der Waals surface area contributed by atoms with Crippen LogP contribution in [0.3, 0.4) is 0 Å². The van der Waals surface area contributed by atoms with Gasteiger partial charge in [0.05, 0.1) is 28.7 Å². The number of carbonyl (C=O) groups excluding carboxylic acids is 1. The second kappa shape index (κ2) is 10.9. The molecule has 3 heterocycles. The summed E-state index contributed by atoms with van der Waals surface area (Å²) in [7, 11) is 0. The summed E-state index contributed by atoms with van der Waals surface area (Å²) < 4.78 is 43.2. The van der Waals surface area contributed by atoms with Gasteiger partial charge in [-0.1, -0.05) is 49.9 Å². The Balaban J connectivity index is 1.25. The number of hydrogen-bond donors (Lipinski definition) is 0. The molecule has 0 aliphatic carbocycles. The van der Waals surface area contributed by atoms with Gasteiger partial charge in [0.25, 0.3) is 0 Å². The van der Waals surface area contributed by atoms with Crippen LogP contribution in [0.1, 0.15) is 30.9 Å². The van der Waals surface area contributed by atoms with Crippen molar-refractivity contribution in [3.63, 3.8) is 0 Å². The maximum Gasteiger partial charge on any atom is 0.573 e. The number of ether oxygens (including phenoxy) is 1. The Hall–Kier alpha value is -4.71. The summed E-state index contributed by atoms with van der Waals surface area (Å²) in [6.07, 6.45) is 0.0920. The topological polar surface area (TPSA) is 85.0 Å². The van der Waals surface area contributed by atoms with E-state index in [1.54, 1.807) is 28.2 Å². The van der Waals surface area contributed by atoms with Crippen LogP contribution >= 0.6 is 11.8 Å². The maximum atomic E-state index is 12.7. The number of hydrogen-bond acceptors (Lipinski definition) is 7. The molecule has 1 saturated heterocycles. The van der Waals surface area contributed by atoms with E-state index >= 15 is 0 Å². The molecule has 212 valence electrons.